The van der Waals surface area contributed by atoms with Crippen molar-refractivity contribution in [1.29, 1.82) is 0 Å². The number of methoxy groups -OCH3 is 2. The van der Waals surface area contributed by atoms with E-state index in [1.54, 1.807) is 25.6 Å². The number of thiazole rings is 1. The molecule has 6 nitrogen and oxygen atoms in total. The Hall–Kier alpha value is -1.55. The molecule has 0 aliphatic heterocycles. The van der Waals surface area contributed by atoms with Crippen LogP contribution in [0, 0.1) is 6.92 Å². The van der Waals surface area contributed by atoms with Crippen LogP contribution in [0.15, 0.2) is 28.6 Å². The van der Waals surface area contributed by atoms with Gasteiger partial charge in [-0.2, -0.15) is 0 Å². The van der Waals surface area contributed by atoms with Crippen molar-refractivity contribution in [3.8, 4) is 11.5 Å². The van der Waals surface area contributed by atoms with Gasteiger partial charge in [0.15, 0.2) is 17.5 Å². The maximum atomic E-state index is 5.89. The minimum absolute atomic E-state index is 0. The number of aliphatic imine (C=N–C) groups is 1. The highest BCUT2D eigenvalue weighted by Crippen LogP contribution is 2.29. The molecular formula is C15H21IN4O2S. The summed E-state index contributed by atoms with van der Waals surface area (Å²) < 4.78 is 10.4. The molecule has 23 heavy (non-hydrogen) atoms. The molecule has 0 fully saturated rings. The highest BCUT2D eigenvalue weighted by Gasteiger charge is 2.05. The van der Waals surface area contributed by atoms with E-state index in [1.165, 1.54) is 0 Å². The molecule has 1 aromatic carbocycles. The Morgan fingerprint density at radius 2 is 2.04 bits per heavy atom. The maximum absolute atomic E-state index is 5.89. The van der Waals surface area contributed by atoms with Gasteiger partial charge >= 0.3 is 0 Å². The summed E-state index contributed by atoms with van der Waals surface area (Å²) >= 11 is 1.64. The number of benzene rings is 1. The summed E-state index contributed by atoms with van der Waals surface area (Å²) in [5, 5.41) is 6.14. The lowest BCUT2D eigenvalue weighted by atomic mass is 10.3. The maximum Gasteiger partial charge on any atom is 0.193 e. The number of nitrogens with one attached hydrogen (secondary N) is 1. The van der Waals surface area contributed by atoms with Gasteiger partial charge in [-0.05, 0) is 19.1 Å². The SMILES string of the molecule is COc1ccc(NC(N)=NCCc2csc(C)n2)cc1OC.I. The largest absolute Gasteiger partial charge is 0.493 e. The third-order valence-electron chi connectivity index (χ3n) is 2.97. The number of anilines is 1. The lowest BCUT2D eigenvalue weighted by Gasteiger charge is -2.10. The second-order valence-corrected chi connectivity index (χ2v) is 5.63. The normalized spacial score (nSPS) is 10.8. The lowest BCUT2D eigenvalue weighted by molar-refractivity contribution is 0.355. The molecule has 0 aliphatic rings. The van der Waals surface area contributed by atoms with E-state index in [4.69, 9.17) is 15.2 Å². The topological polar surface area (TPSA) is 81.8 Å². The first-order valence-corrected chi connectivity index (χ1v) is 7.70. The van der Waals surface area contributed by atoms with E-state index in [1.807, 2.05) is 30.5 Å². The summed E-state index contributed by atoms with van der Waals surface area (Å²) in [6.07, 6.45) is 0.776. The summed E-state index contributed by atoms with van der Waals surface area (Å²) in [4.78, 5) is 8.69. The molecule has 8 heteroatoms. The van der Waals surface area contributed by atoms with Crippen LogP contribution in [0.2, 0.25) is 0 Å². The van der Waals surface area contributed by atoms with E-state index >= 15 is 0 Å². The monoisotopic (exact) mass is 448 g/mol. The number of hydrogen-bond acceptors (Lipinski definition) is 5. The van der Waals surface area contributed by atoms with E-state index in [2.05, 4.69) is 15.3 Å². The molecule has 0 unspecified atom stereocenters. The number of hydrogen-bond donors (Lipinski definition) is 2. The second-order valence-electron chi connectivity index (χ2n) is 4.57. The first-order chi connectivity index (χ1) is 10.6. The summed E-state index contributed by atoms with van der Waals surface area (Å²) in [6, 6.07) is 5.48. The Bertz CT molecular complexity index is 661. The third kappa shape index (κ3) is 5.87. The van der Waals surface area contributed by atoms with Crippen molar-refractivity contribution in [2.45, 2.75) is 13.3 Å². The molecule has 2 rings (SSSR count). The van der Waals surface area contributed by atoms with Gasteiger partial charge in [-0.25, -0.2) is 4.98 Å². The fraction of sp³-hybridized carbons (Fsp3) is 0.333. The van der Waals surface area contributed by atoms with Crippen LogP contribution >= 0.6 is 35.3 Å². The van der Waals surface area contributed by atoms with Crippen molar-refractivity contribution in [2.24, 2.45) is 10.7 Å². The van der Waals surface area contributed by atoms with Gasteiger partial charge in [-0.15, -0.1) is 35.3 Å². The fourth-order valence-electron chi connectivity index (χ4n) is 1.92. The number of guanidine groups is 1. The van der Waals surface area contributed by atoms with Crippen LogP contribution in [-0.4, -0.2) is 31.7 Å². The van der Waals surface area contributed by atoms with Crippen LogP contribution in [0.1, 0.15) is 10.7 Å². The molecule has 0 amide bonds. The van der Waals surface area contributed by atoms with Crippen molar-refractivity contribution in [1.82, 2.24) is 4.98 Å². The average Bonchev–Trinajstić information content (AvgIpc) is 2.92. The van der Waals surface area contributed by atoms with Crippen LogP contribution in [-0.2, 0) is 6.42 Å². The highest BCUT2D eigenvalue weighted by molar-refractivity contribution is 14.0. The Kier molecular flexibility index (Phi) is 8.10. The number of rotatable bonds is 6. The van der Waals surface area contributed by atoms with Gasteiger partial charge in [0, 0.05) is 30.1 Å². The molecule has 0 bridgehead atoms. The van der Waals surface area contributed by atoms with Gasteiger partial charge in [0.2, 0.25) is 0 Å². The number of nitrogens with zero attached hydrogens (tertiary/aromatic N) is 2. The fourth-order valence-corrected chi connectivity index (χ4v) is 2.56. The Morgan fingerprint density at radius 3 is 2.65 bits per heavy atom. The van der Waals surface area contributed by atoms with E-state index in [9.17, 15) is 0 Å². The second kappa shape index (κ2) is 9.56. The van der Waals surface area contributed by atoms with E-state index in [-0.39, 0.29) is 24.0 Å². The standard InChI is InChI=1S/C15H20N4O2S.HI/c1-10-18-12(9-22-10)6-7-17-15(16)19-11-4-5-13(20-2)14(8-11)21-3;/h4-5,8-9H,6-7H2,1-3H3,(H3,16,17,19);1H. The number of aromatic nitrogens is 1. The Balaban J connectivity index is 0.00000264. The molecule has 0 aliphatic carbocycles. The predicted molar refractivity (Wildman–Crippen MR) is 106 cm³/mol. The zero-order valence-electron chi connectivity index (χ0n) is 13.3. The lowest BCUT2D eigenvalue weighted by Crippen LogP contribution is -2.23. The zero-order valence-corrected chi connectivity index (χ0v) is 16.5. The van der Waals surface area contributed by atoms with Gasteiger partial charge in [0.1, 0.15) is 0 Å². The molecule has 0 atom stereocenters. The van der Waals surface area contributed by atoms with Gasteiger partial charge in [0.05, 0.1) is 24.9 Å². The van der Waals surface area contributed by atoms with Gasteiger partial charge in [-0.1, -0.05) is 0 Å². The highest BCUT2D eigenvalue weighted by atomic mass is 127. The van der Waals surface area contributed by atoms with Gasteiger partial charge < -0.3 is 20.5 Å². The van der Waals surface area contributed by atoms with Crippen molar-refractivity contribution >= 4 is 47.0 Å². The van der Waals surface area contributed by atoms with Crippen molar-refractivity contribution < 1.29 is 9.47 Å². The van der Waals surface area contributed by atoms with Crippen molar-refractivity contribution in [3.05, 3.63) is 34.3 Å². The zero-order chi connectivity index (χ0) is 15.9. The molecule has 3 N–H and O–H groups in total. The predicted octanol–water partition coefficient (Wildman–Crippen LogP) is 3.06. The van der Waals surface area contributed by atoms with Crippen molar-refractivity contribution in [2.75, 3.05) is 26.1 Å². The smallest absolute Gasteiger partial charge is 0.193 e. The van der Waals surface area contributed by atoms with Crippen LogP contribution in [0.25, 0.3) is 0 Å². The Labute approximate surface area is 157 Å². The minimum Gasteiger partial charge on any atom is -0.493 e. The van der Waals surface area contributed by atoms with E-state index < -0.39 is 0 Å². The molecule has 0 saturated carbocycles. The Morgan fingerprint density at radius 1 is 1.30 bits per heavy atom. The molecule has 0 spiro atoms. The minimum atomic E-state index is 0. The molecule has 0 saturated heterocycles. The molecule has 2 aromatic rings. The van der Waals surface area contributed by atoms with E-state index in [0.29, 0.717) is 24.0 Å². The first kappa shape index (κ1) is 19.5. The van der Waals surface area contributed by atoms with Gasteiger partial charge in [-0.3, -0.25) is 4.99 Å². The molecule has 126 valence electrons. The molecule has 0 radical (unpaired) electrons. The summed E-state index contributed by atoms with van der Waals surface area (Å²) in [7, 11) is 3.19. The van der Waals surface area contributed by atoms with Crippen LogP contribution in [0.5, 0.6) is 11.5 Å². The van der Waals surface area contributed by atoms with Gasteiger partial charge in [0.25, 0.3) is 0 Å². The number of ether oxygens (including phenoxy) is 2. The molecule has 1 aromatic heterocycles. The summed E-state index contributed by atoms with van der Waals surface area (Å²) in [6.45, 7) is 2.58. The quantitative estimate of drug-likeness (QED) is 0.404. The first-order valence-electron chi connectivity index (χ1n) is 6.82. The summed E-state index contributed by atoms with van der Waals surface area (Å²) in [5.74, 6) is 1.67. The number of halogens is 1. The average molecular weight is 448 g/mol. The van der Waals surface area contributed by atoms with Crippen LogP contribution < -0.4 is 20.5 Å². The van der Waals surface area contributed by atoms with Crippen LogP contribution in [0.4, 0.5) is 5.69 Å². The number of nitrogens with two attached hydrogens (primary N) is 1. The van der Waals surface area contributed by atoms with E-state index in [0.717, 1.165) is 22.8 Å². The number of aryl methyl sites for hydroxylation is 1. The van der Waals surface area contributed by atoms with Crippen molar-refractivity contribution in [3.63, 3.8) is 0 Å². The molecule has 1 heterocycles. The summed E-state index contributed by atoms with van der Waals surface area (Å²) in [5.41, 5.74) is 7.73. The third-order valence-corrected chi connectivity index (χ3v) is 3.79. The molecular weight excluding hydrogens is 427 g/mol. The van der Waals surface area contributed by atoms with Crippen LogP contribution in [0.3, 0.4) is 0 Å².